The number of rotatable bonds is 6. The van der Waals surface area contributed by atoms with Gasteiger partial charge in [0.05, 0.1) is 12.3 Å². The first-order chi connectivity index (χ1) is 13.0. The SMILES string of the molecule is C=C(CCOc1ccc(-n2c(=O)[nH]c3nnc4[nH]ccc4c32)cc1)N(C)C. The van der Waals surface area contributed by atoms with Crippen LogP contribution in [0.15, 0.2) is 53.6 Å². The molecule has 0 saturated carbocycles. The molecule has 8 nitrogen and oxygen atoms in total. The van der Waals surface area contributed by atoms with Crippen molar-refractivity contribution in [1.82, 2.24) is 29.6 Å². The van der Waals surface area contributed by atoms with Crippen molar-refractivity contribution in [2.45, 2.75) is 6.42 Å². The molecular weight excluding hydrogens is 344 g/mol. The van der Waals surface area contributed by atoms with Crippen LogP contribution in [-0.2, 0) is 0 Å². The average molecular weight is 364 g/mol. The number of H-pyrrole nitrogens is 2. The van der Waals surface area contributed by atoms with Gasteiger partial charge in [0.1, 0.15) is 11.3 Å². The maximum atomic E-state index is 12.5. The van der Waals surface area contributed by atoms with Gasteiger partial charge in [-0.15, -0.1) is 10.2 Å². The molecule has 3 aromatic heterocycles. The monoisotopic (exact) mass is 364 g/mol. The smallest absolute Gasteiger partial charge is 0.332 e. The molecule has 0 aliphatic heterocycles. The third-order valence-corrected chi connectivity index (χ3v) is 4.49. The standard InChI is InChI=1S/C19H20N6O2/c1-12(24(2)3)9-11-27-14-6-4-13(5-7-14)25-16-15-8-10-20-17(15)22-23-18(16)21-19(25)26/h4-8,10H,1,9,11H2,2-3H3,(H,20,22)(H,21,23,26). The highest BCUT2D eigenvalue weighted by molar-refractivity contribution is 5.99. The molecule has 0 fully saturated rings. The normalized spacial score (nSPS) is 11.2. The van der Waals surface area contributed by atoms with Gasteiger partial charge in [-0.25, -0.2) is 4.79 Å². The minimum atomic E-state index is -0.260. The summed E-state index contributed by atoms with van der Waals surface area (Å²) in [5, 5.41) is 8.99. The number of hydrogen-bond acceptors (Lipinski definition) is 5. The zero-order valence-electron chi connectivity index (χ0n) is 15.2. The number of benzene rings is 1. The van der Waals surface area contributed by atoms with E-state index in [1.165, 1.54) is 0 Å². The molecule has 138 valence electrons. The van der Waals surface area contributed by atoms with E-state index < -0.39 is 0 Å². The van der Waals surface area contributed by atoms with Crippen LogP contribution in [0.5, 0.6) is 5.75 Å². The van der Waals surface area contributed by atoms with Gasteiger partial charge in [0.2, 0.25) is 0 Å². The van der Waals surface area contributed by atoms with Crippen molar-refractivity contribution in [3.63, 3.8) is 0 Å². The van der Waals surface area contributed by atoms with Gasteiger partial charge < -0.3 is 14.6 Å². The quantitative estimate of drug-likeness (QED) is 0.548. The Morgan fingerprint density at radius 2 is 1.93 bits per heavy atom. The predicted molar refractivity (Wildman–Crippen MR) is 104 cm³/mol. The molecule has 1 aromatic carbocycles. The molecule has 0 spiro atoms. The van der Waals surface area contributed by atoms with Gasteiger partial charge in [-0.3, -0.25) is 9.55 Å². The summed E-state index contributed by atoms with van der Waals surface area (Å²) in [5.41, 5.74) is 3.26. The van der Waals surface area contributed by atoms with Gasteiger partial charge in [0, 0.05) is 37.8 Å². The van der Waals surface area contributed by atoms with Gasteiger partial charge in [0.25, 0.3) is 0 Å². The molecule has 27 heavy (non-hydrogen) atoms. The van der Waals surface area contributed by atoms with E-state index in [0.29, 0.717) is 23.4 Å². The maximum absolute atomic E-state index is 12.5. The van der Waals surface area contributed by atoms with E-state index in [9.17, 15) is 4.79 Å². The Bertz CT molecular complexity index is 1170. The van der Waals surface area contributed by atoms with E-state index in [0.717, 1.165) is 28.9 Å². The van der Waals surface area contributed by atoms with Crippen LogP contribution in [0.3, 0.4) is 0 Å². The lowest BCUT2D eigenvalue weighted by Gasteiger charge is -2.15. The molecule has 0 unspecified atom stereocenters. The second-order valence-electron chi connectivity index (χ2n) is 6.46. The van der Waals surface area contributed by atoms with E-state index in [1.807, 2.05) is 49.3 Å². The third-order valence-electron chi connectivity index (χ3n) is 4.49. The van der Waals surface area contributed by atoms with Gasteiger partial charge in [-0.2, -0.15) is 0 Å². The van der Waals surface area contributed by atoms with Crippen LogP contribution in [0, 0.1) is 0 Å². The van der Waals surface area contributed by atoms with Crippen molar-refractivity contribution >= 4 is 22.2 Å². The van der Waals surface area contributed by atoms with Crippen molar-refractivity contribution in [1.29, 1.82) is 0 Å². The summed E-state index contributed by atoms with van der Waals surface area (Å²) in [6, 6.07) is 9.28. The number of aromatic nitrogens is 5. The summed E-state index contributed by atoms with van der Waals surface area (Å²) in [4.78, 5) is 20.2. The summed E-state index contributed by atoms with van der Waals surface area (Å²) in [6.45, 7) is 4.53. The molecule has 0 bridgehead atoms. The Hall–Kier alpha value is -3.55. The van der Waals surface area contributed by atoms with Crippen molar-refractivity contribution in [2.75, 3.05) is 20.7 Å². The first-order valence-corrected chi connectivity index (χ1v) is 8.57. The van der Waals surface area contributed by atoms with Crippen molar-refractivity contribution in [3.8, 4) is 11.4 Å². The van der Waals surface area contributed by atoms with E-state index >= 15 is 0 Å². The zero-order valence-corrected chi connectivity index (χ0v) is 15.2. The summed E-state index contributed by atoms with van der Waals surface area (Å²) < 4.78 is 7.36. The molecule has 3 heterocycles. The lowest BCUT2D eigenvalue weighted by atomic mass is 10.2. The molecular formula is C19H20N6O2. The van der Waals surface area contributed by atoms with Crippen LogP contribution < -0.4 is 10.4 Å². The summed E-state index contributed by atoms with van der Waals surface area (Å²) in [5.74, 6) is 0.741. The average Bonchev–Trinajstić information content (AvgIpc) is 3.25. The highest BCUT2D eigenvalue weighted by atomic mass is 16.5. The molecule has 4 aromatic rings. The fourth-order valence-corrected chi connectivity index (χ4v) is 2.93. The Morgan fingerprint density at radius 1 is 1.19 bits per heavy atom. The Morgan fingerprint density at radius 3 is 2.67 bits per heavy atom. The van der Waals surface area contributed by atoms with E-state index in [-0.39, 0.29) is 5.69 Å². The maximum Gasteiger partial charge on any atom is 0.332 e. The van der Waals surface area contributed by atoms with E-state index in [1.54, 1.807) is 10.8 Å². The minimum Gasteiger partial charge on any atom is -0.493 e. The first kappa shape index (κ1) is 16.9. The van der Waals surface area contributed by atoms with Gasteiger partial charge in [-0.1, -0.05) is 6.58 Å². The van der Waals surface area contributed by atoms with Crippen molar-refractivity contribution in [3.05, 3.63) is 59.3 Å². The summed E-state index contributed by atoms with van der Waals surface area (Å²) in [7, 11) is 3.92. The highest BCUT2D eigenvalue weighted by Gasteiger charge is 2.14. The lowest BCUT2D eigenvalue weighted by Crippen LogP contribution is -2.14. The highest BCUT2D eigenvalue weighted by Crippen LogP contribution is 2.23. The number of nitrogens with one attached hydrogen (secondary N) is 2. The molecule has 8 heteroatoms. The molecule has 0 aliphatic rings. The van der Waals surface area contributed by atoms with Crippen LogP contribution in [0.2, 0.25) is 0 Å². The van der Waals surface area contributed by atoms with Gasteiger partial charge in [0.15, 0.2) is 11.3 Å². The molecule has 4 rings (SSSR count). The number of imidazole rings is 1. The van der Waals surface area contributed by atoms with Gasteiger partial charge in [-0.05, 0) is 30.3 Å². The van der Waals surface area contributed by atoms with Gasteiger partial charge >= 0.3 is 5.69 Å². The summed E-state index contributed by atoms with van der Waals surface area (Å²) in [6.07, 6.45) is 2.53. The number of hydrogen-bond donors (Lipinski definition) is 2. The fraction of sp³-hybridized carbons (Fsp3) is 0.211. The number of aromatic amines is 2. The lowest BCUT2D eigenvalue weighted by molar-refractivity contribution is 0.307. The zero-order chi connectivity index (χ0) is 19.0. The molecule has 2 N–H and O–H groups in total. The van der Waals surface area contributed by atoms with Crippen LogP contribution in [0.25, 0.3) is 27.9 Å². The Labute approximate surface area is 155 Å². The topological polar surface area (TPSA) is 91.8 Å². The second kappa shape index (κ2) is 6.64. The predicted octanol–water partition coefficient (Wildman–Crippen LogP) is 2.43. The first-order valence-electron chi connectivity index (χ1n) is 8.57. The van der Waals surface area contributed by atoms with Crippen molar-refractivity contribution < 1.29 is 4.74 Å². The largest absolute Gasteiger partial charge is 0.493 e. The van der Waals surface area contributed by atoms with Crippen LogP contribution >= 0.6 is 0 Å². The molecule has 0 amide bonds. The van der Waals surface area contributed by atoms with Crippen LogP contribution in [0.1, 0.15) is 6.42 Å². The molecule has 0 aliphatic carbocycles. The Kier molecular flexibility index (Phi) is 4.15. The summed E-state index contributed by atoms with van der Waals surface area (Å²) >= 11 is 0. The fourth-order valence-electron chi connectivity index (χ4n) is 2.93. The molecule has 0 saturated heterocycles. The minimum absolute atomic E-state index is 0.260. The molecule has 0 radical (unpaired) electrons. The van der Waals surface area contributed by atoms with E-state index in [2.05, 4.69) is 26.7 Å². The molecule has 0 atom stereocenters. The second-order valence-corrected chi connectivity index (χ2v) is 6.46. The number of ether oxygens (including phenoxy) is 1. The number of nitrogens with zero attached hydrogens (tertiary/aromatic N) is 4. The van der Waals surface area contributed by atoms with Crippen molar-refractivity contribution in [2.24, 2.45) is 0 Å². The Balaban J connectivity index is 1.63. The van der Waals surface area contributed by atoms with Crippen LogP contribution in [-0.4, -0.2) is 50.3 Å². The number of fused-ring (bicyclic) bond motifs is 3. The van der Waals surface area contributed by atoms with E-state index in [4.69, 9.17) is 4.74 Å². The third kappa shape index (κ3) is 3.05. The van der Waals surface area contributed by atoms with Crippen LogP contribution in [0.4, 0.5) is 0 Å².